The van der Waals surface area contributed by atoms with Gasteiger partial charge in [0.15, 0.2) is 0 Å². The van der Waals surface area contributed by atoms with E-state index in [1.807, 2.05) is 6.92 Å². The number of rotatable bonds is 3. The Morgan fingerprint density at radius 1 is 1.20 bits per heavy atom. The molecule has 1 aromatic rings. The first-order valence-electron chi connectivity index (χ1n) is 5.07. The van der Waals surface area contributed by atoms with Crippen LogP contribution in [-0.2, 0) is 0 Å². The number of carbonyl (C=O) groups is 1. The molecule has 1 amide bonds. The Labute approximate surface area is 95.6 Å². The minimum Gasteiger partial charge on any atom is -0.349 e. The van der Waals surface area contributed by atoms with Crippen LogP contribution in [0.2, 0.25) is 5.02 Å². The molecule has 0 heterocycles. The zero-order chi connectivity index (χ0) is 11.4. The molecule has 3 heteroatoms. The van der Waals surface area contributed by atoms with E-state index in [0.29, 0.717) is 16.5 Å². The van der Waals surface area contributed by atoms with Crippen LogP contribution in [0, 0.1) is 5.92 Å². The van der Waals surface area contributed by atoms with Crippen molar-refractivity contribution in [1.82, 2.24) is 5.32 Å². The highest BCUT2D eigenvalue weighted by Crippen LogP contribution is 2.10. The van der Waals surface area contributed by atoms with Crippen molar-refractivity contribution in [3.8, 4) is 0 Å². The Kier molecular flexibility index (Phi) is 4.15. The molecule has 0 aliphatic carbocycles. The van der Waals surface area contributed by atoms with Crippen LogP contribution in [0.25, 0.3) is 0 Å². The lowest BCUT2D eigenvalue weighted by Gasteiger charge is -2.17. The Balaban J connectivity index is 2.65. The fourth-order valence-corrected chi connectivity index (χ4v) is 1.18. The average Bonchev–Trinajstić information content (AvgIpc) is 2.18. The second-order valence-corrected chi connectivity index (χ2v) is 4.45. The highest BCUT2D eigenvalue weighted by molar-refractivity contribution is 6.30. The van der Waals surface area contributed by atoms with Gasteiger partial charge in [-0.2, -0.15) is 0 Å². The van der Waals surface area contributed by atoms with E-state index in [1.165, 1.54) is 0 Å². The Hall–Kier alpha value is -1.02. The van der Waals surface area contributed by atoms with Crippen molar-refractivity contribution >= 4 is 17.5 Å². The quantitative estimate of drug-likeness (QED) is 0.842. The van der Waals surface area contributed by atoms with Gasteiger partial charge in [-0.3, -0.25) is 4.79 Å². The van der Waals surface area contributed by atoms with Crippen molar-refractivity contribution in [3.05, 3.63) is 34.9 Å². The third-order valence-electron chi connectivity index (χ3n) is 2.47. The topological polar surface area (TPSA) is 29.1 Å². The van der Waals surface area contributed by atoms with E-state index in [1.54, 1.807) is 24.3 Å². The lowest BCUT2D eigenvalue weighted by Crippen LogP contribution is -2.36. The second-order valence-electron chi connectivity index (χ2n) is 4.01. The van der Waals surface area contributed by atoms with Gasteiger partial charge in [0.25, 0.3) is 5.91 Å². The fraction of sp³-hybridized carbons (Fsp3) is 0.417. The lowest BCUT2D eigenvalue weighted by atomic mass is 10.1. The maximum absolute atomic E-state index is 11.7. The monoisotopic (exact) mass is 225 g/mol. The first-order valence-corrected chi connectivity index (χ1v) is 5.45. The number of hydrogen-bond donors (Lipinski definition) is 1. The molecule has 0 saturated carbocycles. The number of halogens is 1. The van der Waals surface area contributed by atoms with Crippen molar-refractivity contribution in [2.24, 2.45) is 5.92 Å². The molecule has 0 aromatic heterocycles. The molecular formula is C12H16ClNO. The highest BCUT2D eigenvalue weighted by atomic mass is 35.5. The molecule has 1 N–H and O–H groups in total. The van der Waals surface area contributed by atoms with Gasteiger partial charge < -0.3 is 5.32 Å². The standard InChI is InChI=1S/C12H16ClNO/c1-8(2)9(3)14-12(15)10-4-6-11(13)7-5-10/h4-9H,1-3H3,(H,14,15)/t9-/m0/s1. The zero-order valence-electron chi connectivity index (χ0n) is 9.25. The van der Waals surface area contributed by atoms with Gasteiger partial charge >= 0.3 is 0 Å². The van der Waals surface area contributed by atoms with E-state index in [2.05, 4.69) is 19.2 Å². The third-order valence-corrected chi connectivity index (χ3v) is 2.72. The minimum absolute atomic E-state index is 0.0483. The summed E-state index contributed by atoms with van der Waals surface area (Å²) in [5.74, 6) is 0.383. The summed E-state index contributed by atoms with van der Waals surface area (Å²) in [7, 11) is 0. The van der Waals surface area contributed by atoms with Crippen LogP contribution in [-0.4, -0.2) is 11.9 Å². The number of benzene rings is 1. The molecule has 15 heavy (non-hydrogen) atoms. The number of nitrogens with one attached hydrogen (secondary N) is 1. The van der Waals surface area contributed by atoms with Gasteiger partial charge in [-0.15, -0.1) is 0 Å². The van der Waals surface area contributed by atoms with E-state index in [-0.39, 0.29) is 11.9 Å². The molecular weight excluding hydrogens is 210 g/mol. The molecule has 0 saturated heterocycles. The SMILES string of the molecule is CC(C)[C@H](C)NC(=O)c1ccc(Cl)cc1. The summed E-state index contributed by atoms with van der Waals surface area (Å²) in [6.07, 6.45) is 0. The van der Waals surface area contributed by atoms with Crippen molar-refractivity contribution < 1.29 is 4.79 Å². The van der Waals surface area contributed by atoms with Gasteiger partial charge in [0, 0.05) is 16.6 Å². The van der Waals surface area contributed by atoms with Crippen LogP contribution in [0.3, 0.4) is 0 Å². The summed E-state index contributed by atoms with van der Waals surface area (Å²) < 4.78 is 0. The molecule has 82 valence electrons. The second kappa shape index (κ2) is 5.17. The van der Waals surface area contributed by atoms with E-state index < -0.39 is 0 Å². The summed E-state index contributed by atoms with van der Waals surface area (Å²) >= 11 is 5.74. The predicted molar refractivity (Wildman–Crippen MR) is 63.2 cm³/mol. The van der Waals surface area contributed by atoms with Gasteiger partial charge in [-0.1, -0.05) is 25.4 Å². The van der Waals surface area contributed by atoms with E-state index >= 15 is 0 Å². The average molecular weight is 226 g/mol. The summed E-state index contributed by atoms with van der Waals surface area (Å²) in [5, 5.41) is 3.58. The predicted octanol–water partition coefficient (Wildman–Crippen LogP) is 3.11. The molecule has 1 atom stereocenters. The van der Waals surface area contributed by atoms with Gasteiger partial charge in [0.2, 0.25) is 0 Å². The zero-order valence-corrected chi connectivity index (χ0v) is 10.0. The molecule has 0 aliphatic heterocycles. The van der Waals surface area contributed by atoms with E-state index in [0.717, 1.165) is 0 Å². The third kappa shape index (κ3) is 3.56. The maximum atomic E-state index is 11.7. The number of amides is 1. The van der Waals surface area contributed by atoms with Gasteiger partial charge in [0.1, 0.15) is 0 Å². The first kappa shape index (κ1) is 12.1. The summed E-state index contributed by atoms with van der Waals surface area (Å²) in [6, 6.07) is 7.07. The van der Waals surface area contributed by atoms with E-state index in [9.17, 15) is 4.79 Å². The van der Waals surface area contributed by atoms with Crippen LogP contribution < -0.4 is 5.32 Å². The summed E-state index contributed by atoms with van der Waals surface area (Å²) in [4.78, 5) is 11.7. The molecule has 0 bridgehead atoms. The van der Waals surface area contributed by atoms with Crippen LogP contribution >= 0.6 is 11.6 Å². The van der Waals surface area contributed by atoms with E-state index in [4.69, 9.17) is 11.6 Å². The van der Waals surface area contributed by atoms with Gasteiger partial charge in [-0.05, 0) is 37.1 Å². The molecule has 1 aromatic carbocycles. The molecule has 0 spiro atoms. The Morgan fingerprint density at radius 2 is 1.73 bits per heavy atom. The van der Waals surface area contributed by atoms with Crippen LogP contribution in [0.1, 0.15) is 31.1 Å². The van der Waals surface area contributed by atoms with Crippen molar-refractivity contribution in [1.29, 1.82) is 0 Å². The van der Waals surface area contributed by atoms with Crippen molar-refractivity contribution in [3.63, 3.8) is 0 Å². The molecule has 0 unspecified atom stereocenters. The molecule has 0 aliphatic rings. The minimum atomic E-state index is -0.0483. The smallest absolute Gasteiger partial charge is 0.251 e. The van der Waals surface area contributed by atoms with Crippen LogP contribution in [0.5, 0.6) is 0 Å². The van der Waals surface area contributed by atoms with Gasteiger partial charge in [0.05, 0.1) is 0 Å². The Morgan fingerprint density at radius 3 is 2.20 bits per heavy atom. The normalized spacial score (nSPS) is 12.6. The largest absolute Gasteiger partial charge is 0.349 e. The fourth-order valence-electron chi connectivity index (χ4n) is 1.06. The summed E-state index contributed by atoms with van der Waals surface area (Å²) in [6.45, 7) is 6.15. The molecule has 0 radical (unpaired) electrons. The van der Waals surface area contributed by atoms with Crippen LogP contribution in [0.15, 0.2) is 24.3 Å². The summed E-state index contributed by atoms with van der Waals surface area (Å²) in [5.41, 5.74) is 0.645. The van der Waals surface area contributed by atoms with Crippen molar-refractivity contribution in [2.75, 3.05) is 0 Å². The number of hydrogen-bond acceptors (Lipinski definition) is 1. The highest BCUT2D eigenvalue weighted by Gasteiger charge is 2.11. The molecule has 1 rings (SSSR count). The lowest BCUT2D eigenvalue weighted by molar-refractivity contribution is 0.0930. The van der Waals surface area contributed by atoms with Crippen molar-refractivity contribution in [2.45, 2.75) is 26.8 Å². The van der Waals surface area contributed by atoms with Gasteiger partial charge in [-0.25, -0.2) is 0 Å². The number of carbonyl (C=O) groups excluding carboxylic acids is 1. The first-order chi connectivity index (χ1) is 7.00. The molecule has 0 fully saturated rings. The molecule has 2 nitrogen and oxygen atoms in total. The van der Waals surface area contributed by atoms with Crippen LogP contribution in [0.4, 0.5) is 0 Å². The maximum Gasteiger partial charge on any atom is 0.251 e. The Bertz CT molecular complexity index is 332.